The minimum atomic E-state index is -5.32. The summed E-state index contributed by atoms with van der Waals surface area (Å²) in [7, 11) is -10.4. The predicted octanol–water partition coefficient (Wildman–Crippen LogP) is -2.06. The number of hydrogen-bond acceptors (Lipinski definition) is 21. The van der Waals surface area contributed by atoms with Gasteiger partial charge in [-0.25, -0.2) is 8.42 Å². The van der Waals surface area contributed by atoms with Crippen LogP contribution >= 0.6 is 0 Å². The minimum absolute atomic E-state index is 0. The number of nitrogens with two attached hydrogens (primary N) is 1. The molecule has 0 atom stereocenters. The Morgan fingerprint density at radius 2 is 1.32 bits per heavy atom. The van der Waals surface area contributed by atoms with Gasteiger partial charge in [0.15, 0.2) is 11.6 Å². The second kappa shape index (κ2) is 19.9. The summed E-state index contributed by atoms with van der Waals surface area (Å²) in [4.78, 5) is 52.1. The molecule has 1 saturated heterocycles. The van der Waals surface area contributed by atoms with Gasteiger partial charge in [0.2, 0.25) is 17.8 Å². The molecule has 8 rings (SSSR count). The molecule has 1 fully saturated rings. The van der Waals surface area contributed by atoms with Gasteiger partial charge >= 0.3 is 59.1 Å². The molecule has 0 bridgehead atoms. The molecule has 5 aromatic carbocycles. The first kappa shape index (κ1) is 49.5. The van der Waals surface area contributed by atoms with Crippen LogP contribution in [-0.2, 0) is 25.0 Å². The molecule has 66 heavy (non-hydrogen) atoms. The van der Waals surface area contributed by atoms with E-state index in [1.165, 1.54) is 42.5 Å². The summed E-state index contributed by atoms with van der Waals surface area (Å²) in [6.07, 6.45) is 0. The number of aromatic hydroxyl groups is 1. The normalized spacial score (nSPS) is 13.5. The van der Waals surface area contributed by atoms with Crippen molar-refractivity contribution in [3.63, 3.8) is 0 Å². The van der Waals surface area contributed by atoms with Crippen LogP contribution < -0.4 is 90.8 Å². The smallest absolute Gasteiger partial charge is 0.744 e. The number of ketones is 2. The van der Waals surface area contributed by atoms with Crippen LogP contribution in [0.2, 0.25) is 0 Å². The van der Waals surface area contributed by atoms with Crippen molar-refractivity contribution in [1.29, 1.82) is 0 Å². The van der Waals surface area contributed by atoms with Gasteiger partial charge in [-0.1, -0.05) is 24.3 Å². The first-order chi connectivity index (χ1) is 30.4. The van der Waals surface area contributed by atoms with Crippen molar-refractivity contribution in [3.05, 3.63) is 119 Å². The zero-order valence-corrected chi connectivity index (χ0v) is 40.2. The molecule has 1 aliphatic heterocycles. The third kappa shape index (κ3) is 10.5. The maximum Gasteiger partial charge on any atom is 1.00 e. The summed E-state index contributed by atoms with van der Waals surface area (Å²) in [5.41, 5.74) is 4.10. The molecule has 6 aromatic rings. The van der Waals surface area contributed by atoms with Gasteiger partial charge in [0, 0.05) is 41.2 Å². The van der Waals surface area contributed by atoms with Gasteiger partial charge in [-0.05, 0) is 66.7 Å². The van der Waals surface area contributed by atoms with Gasteiger partial charge in [0.25, 0.3) is 10.1 Å². The van der Waals surface area contributed by atoms with Gasteiger partial charge in [0.1, 0.15) is 20.8 Å². The van der Waals surface area contributed by atoms with Gasteiger partial charge in [0.05, 0.1) is 63.6 Å². The molecule has 0 radical (unpaired) electrons. The van der Waals surface area contributed by atoms with Crippen LogP contribution in [0.3, 0.4) is 0 Å². The molecule has 1 aliphatic carbocycles. The van der Waals surface area contributed by atoms with E-state index in [0.717, 1.165) is 24.3 Å². The monoisotopic (exact) mass is 952 g/mol. The molecule has 0 unspecified atom stereocenters. The number of carboxylic acid groups (broad SMARTS) is 1. The molecule has 0 spiro atoms. The summed E-state index contributed by atoms with van der Waals surface area (Å²) in [5.74, 6) is -3.63. The number of phenols is 1. The number of nitrogens with one attached hydrogen (secondary N) is 3. The number of carbonyl (C=O) groups is 3. The summed E-state index contributed by atoms with van der Waals surface area (Å²) >= 11 is 0. The second-order valence-corrected chi connectivity index (χ2v) is 16.7. The summed E-state index contributed by atoms with van der Waals surface area (Å²) < 4.78 is 78.6. The van der Waals surface area contributed by atoms with E-state index in [1.807, 2.05) is 0 Å². The van der Waals surface area contributed by atoms with Crippen molar-refractivity contribution in [2.75, 3.05) is 52.9 Å². The topological polar surface area (TPSA) is 344 Å². The van der Waals surface area contributed by atoms with Crippen molar-refractivity contribution in [2.45, 2.75) is 9.79 Å². The number of nitrogen functional groups attached to an aromatic ring is 1. The van der Waals surface area contributed by atoms with E-state index in [2.05, 4.69) is 41.1 Å². The van der Waals surface area contributed by atoms with Gasteiger partial charge < -0.3 is 50.9 Å². The molecule has 26 heteroatoms. The van der Waals surface area contributed by atoms with E-state index >= 15 is 0 Å². The number of nitrogens with zero attached hydrogens (tertiary/aromatic N) is 6. The molecule has 0 saturated carbocycles. The van der Waals surface area contributed by atoms with Crippen molar-refractivity contribution >= 4 is 95.4 Å². The van der Waals surface area contributed by atoms with Crippen molar-refractivity contribution < 1.29 is 114 Å². The first-order valence-electron chi connectivity index (χ1n) is 18.6. The van der Waals surface area contributed by atoms with Crippen LogP contribution in [0, 0.1) is 0 Å². The Morgan fingerprint density at radius 3 is 1.94 bits per heavy atom. The van der Waals surface area contributed by atoms with E-state index < -0.39 is 70.1 Å². The number of carboxylic acids is 1. The summed E-state index contributed by atoms with van der Waals surface area (Å²) in [5, 5.41) is 37.6. The molecule has 22 nitrogen and oxygen atoms in total. The van der Waals surface area contributed by atoms with Gasteiger partial charge in [-0.2, -0.15) is 33.6 Å². The number of rotatable bonds is 12. The van der Waals surface area contributed by atoms with Crippen LogP contribution in [-0.4, -0.2) is 89.8 Å². The summed E-state index contributed by atoms with van der Waals surface area (Å²) in [6, 6.07) is 19.9. The number of fused-ring (bicyclic) bond motifs is 2. The molecule has 1 aromatic heterocycles. The Labute approximate surface area is 418 Å². The van der Waals surface area contributed by atoms with E-state index in [4.69, 9.17) is 10.5 Å². The third-order valence-corrected chi connectivity index (χ3v) is 11.5. The van der Waals surface area contributed by atoms with Crippen LogP contribution in [0.4, 0.5) is 57.7 Å². The van der Waals surface area contributed by atoms with Gasteiger partial charge in [-0.3, -0.25) is 14.1 Å². The molecule has 0 amide bonds. The van der Waals surface area contributed by atoms with Crippen molar-refractivity contribution in [3.8, 4) is 5.75 Å². The molecule has 326 valence electrons. The average molecular weight is 953 g/mol. The number of morpholine rings is 1. The van der Waals surface area contributed by atoms with E-state index in [0.29, 0.717) is 37.7 Å². The number of carbonyl (C=O) groups excluding carboxylic acids is 3. The zero-order valence-electron chi connectivity index (χ0n) is 34.5. The molecule has 2 aliphatic rings. The maximum absolute atomic E-state index is 13.8. The number of aromatic nitrogens is 3. The SMILES string of the molecule is Nc1c(S(=O)(=O)[O-])cc(Nc2ccc(Nc3nc(Nc4ccc(N=Nc5ccc(O)c(C(=O)[O-])c5)cc4)nc(N4CCOCC4)n3)c(S(=O)(=O)O)c2)c2c1C(=O)c1ccccc1C2=O.[Na+].[Na+]. The van der Waals surface area contributed by atoms with Crippen LogP contribution in [0.1, 0.15) is 42.2 Å². The average Bonchev–Trinajstić information content (AvgIpc) is 3.26. The second-order valence-electron chi connectivity index (χ2n) is 13.9. The molecule has 7 N–H and O–H groups in total. The van der Waals surface area contributed by atoms with Crippen LogP contribution in [0.25, 0.3) is 0 Å². The maximum atomic E-state index is 13.8. The fraction of sp³-hybridized carbons (Fsp3) is 0.100. The van der Waals surface area contributed by atoms with E-state index in [9.17, 15) is 50.5 Å². The number of anilines is 8. The van der Waals surface area contributed by atoms with Crippen LogP contribution in [0.15, 0.2) is 111 Å². The van der Waals surface area contributed by atoms with E-state index in [-0.39, 0.29) is 116 Å². The number of aromatic carboxylic acids is 1. The fourth-order valence-corrected chi connectivity index (χ4v) is 8.09. The third-order valence-electron chi connectivity index (χ3n) is 9.78. The Hall–Kier alpha value is -5.90. The summed E-state index contributed by atoms with van der Waals surface area (Å²) in [6.45, 7) is 1.52. The molecular formula is C40H30N10Na2O12S2. The Kier molecular flexibility index (Phi) is 14.9. The molecule has 2 heterocycles. The number of azo groups is 1. The number of ether oxygens (including phenoxy) is 1. The van der Waals surface area contributed by atoms with Crippen LogP contribution in [0.5, 0.6) is 5.75 Å². The molecular weight excluding hydrogens is 923 g/mol. The minimum Gasteiger partial charge on any atom is -0.744 e. The number of hydrogen-bond donors (Lipinski definition) is 6. The van der Waals surface area contributed by atoms with Crippen molar-refractivity contribution in [1.82, 2.24) is 15.0 Å². The Balaban J connectivity index is 0.00000360. The Bertz CT molecular complexity index is 3190. The van der Waals surface area contributed by atoms with Crippen molar-refractivity contribution in [2.24, 2.45) is 10.2 Å². The number of benzene rings is 5. The first-order valence-corrected chi connectivity index (χ1v) is 21.5. The largest absolute Gasteiger partial charge is 1.00 e. The fourth-order valence-electron chi connectivity index (χ4n) is 6.78. The zero-order chi connectivity index (χ0) is 45.5. The van der Waals surface area contributed by atoms with Gasteiger partial charge in [-0.15, -0.1) is 0 Å². The van der Waals surface area contributed by atoms with E-state index in [1.54, 1.807) is 29.2 Å². The quantitative estimate of drug-likeness (QED) is 0.0332. The Morgan fingerprint density at radius 1 is 0.727 bits per heavy atom. The predicted molar refractivity (Wildman–Crippen MR) is 224 cm³/mol. The standard InChI is InChI=1S/C40H32N10O12S2.2Na/c41-34-31(64(59,60)61)19-28(32-33(34)36(53)25-4-2-1-3-24(25)35(32)52)42-22-9-11-27(30(18-22)63(56,57)58)44-39-45-38(46-40(47-39)50-13-15-62-16-14-50)43-20-5-7-21(8-6-20)48-49-23-10-12-29(51)26(17-23)37(54)55;;/h1-12,17-19,42,51H,13-16,41H2,(H,54,55)(H,56,57,58)(H,59,60,61)(H2,43,44,45,46,47);;/q;2*+1/p-2.